The topological polar surface area (TPSA) is 0 Å². The van der Waals surface area contributed by atoms with E-state index in [4.69, 9.17) is 0 Å². The Morgan fingerprint density at radius 1 is 1.30 bits per heavy atom. The molecule has 0 aromatic rings. The van der Waals surface area contributed by atoms with Crippen LogP contribution in [0.5, 0.6) is 0 Å². The van der Waals surface area contributed by atoms with E-state index >= 15 is 0 Å². The molecule has 0 bridgehead atoms. The van der Waals surface area contributed by atoms with E-state index in [0.717, 1.165) is 5.92 Å². The largest absolute Gasteiger partial charge is 0.103 e. The van der Waals surface area contributed by atoms with Gasteiger partial charge in [-0.15, -0.1) is 13.2 Å². The first-order valence-corrected chi connectivity index (χ1v) is 3.95. The summed E-state index contributed by atoms with van der Waals surface area (Å²) in [5.41, 5.74) is 0. The minimum absolute atomic E-state index is 0.636. The maximum absolute atomic E-state index is 3.80. The van der Waals surface area contributed by atoms with E-state index in [1.54, 1.807) is 0 Å². The Kier molecular flexibility index (Phi) is 2.73. The molecule has 2 unspecified atom stereocenters. The maximum atomic E-state index is 3.80. The number of hydrogen-bond acceptors (Lipinski definition) is 0. The van der Waals surface area contributed by atoms with E-state index < -0.39 is 0 Å². The zero-order chi connectivity index (χ0) is 7.40. The summed E-state index contributed by atoms with van der Waals surface area (Å²) in [5.74, 6) is 1.37. The molecule has 0 N–H and O–H groups in total. The molecule has 1 fully saturated rings. The maximum Gasteiger partial charge on any atom is -0.0199 e. The van der Waals surface area contributed by atoms with Crippen LogP contribution in [0.25, 0.3) is 0 Å². The van der Waals surface area contributed by atoms with Gasteiger partial charge in [-0.25, -0.2) is 0 Å². The summed E-state index contributed by atoms with van der Waals surface area (Å²) in [4.78, 5) is 0. The molecular weight excluding hydrogens is 120 g/mol. The first-order chi connectivity index (χ1) is 4.86. The van der Waals surface area contributed by atoms with E-state index in [1.165, 1.54) is 19.3 Å². The summed E-state index contributed by atoms with van der Waals surface area (Å²) in [6.07, 6.45) is 10.2. The van der Waals surface area contributed by atoms with Gasteiger partial charge >= 0.3 is 0 Å². The minimum atomic E-state index is 0.636. The van der Waals surface area contributed by atoms with E-state index in [9.17, 15) is 0 Å². The Balaban J connectivity index is 2.38. The number of hydrogen-bond donors (Lipinski definition) is 0. The second-order valence-electron chi connectivity index (χ2n) is 2.94. The highest BCUT2D eigenvalue weighted by atomic mass is 14.2. The van der Waals surface area contributed by atoms with Gasteiger partial charge < -0.3 is 0 Å². The van der Waals surface area contributed by atoms with Crippen LogP contribution >= 0.6 is 0 Å². The van der Waals surface area contributed by atoms with Gasteiger partial charge in [0.2, 0.25) is 0 Å². The van der Waals surface area contributed by atoms with E-state index in [2.05, 4.69) is 25.7 Å². The van der Waals surface area contributed by atoms with Crippen LogP contribution in [0.1, 0.15) is 19.3 Å². The van der Waals surface area contributed by atoms with Gasteiger partial charge in [0, 0.05) is 0 Å². The summed E-state index contributed by atoms with van der Waals surface area (Å²) in [5, 5.41) is 0. The minimum Gasteiger partial charge on any atom is -0.103 e. The lowest BCUT2D eigenvalue weighted by Crippen LogP contribution is -2.12. The molecule has 0 spiro atoms. The molecule has 1 saturated carbocycles. The summed E-state index contributed by atoms with van der Waals surface area (Å²) < 4.78 is 0. The molecule has 10 heavy (non-hydrogen) atoms. The van der Waals surface area contributed by atoms with Crippen LogP contribution in [0, 0.1) is 18.3 Å². The molecule has 0 heterocycles. The number of allylic oxidation sites excluding steroid dienone is 2. The third-order valence-corrected chi connectivity index (χ3v) is 2.22. The van der Waals surface area contributed by atoms with Crippen molar-refractivity contribution in [1.82, 2.24) is 0 Å². The van der Waals surface area contributed by atoms with E-state index in [0.29, 0.717) is 5.92 Å². The quantitative estimate of drug-likeness (QED) is 0.511. The molecule has 1 aliphatic carbocycles. The molecule has 0 aromatic carbocycles. The highest BCUT2D eigenvalue weighted by Gasteiger charge is 2.16. The molecule has 0 saturated heterocycles. The third-order valence-electron chi connectivity index (χ3n) is 2.22. The molecular formula is C10H15. The van der Waals surface area contributed by atoms with Crippen molar-refractivity contribution in [2.24, 2.45) is 11.8 Å². The third kappa shape index (κ3) is 1.73. The normalized spacial score (nSPS) is 33.2. The van der Waals surface area contributed by atoms with Crippen molar-refractivity contribution in [1.29, 1.82) is 0 Å². The lowest BCUT2D eigenvalue weighted by Gasteiger charge is -2.23. The first kappa shape index (κ1) is 7.59. The Labute approximate surface area is 63.6 Å². The van der Waals surface area contributed by atoms with Crippen molar-refractivity contribution in [2.75, 3.05) is 0 Å². The Hall–Kier alpha value is -0.520. The second kappa shape index (κ2) is 3.60. The van der Waals surface area contributed by atoms with Crippen LogP contribution in [0.2, 0.25) is 0 Å². The fraction of sp³-hybridized carbons (Fsp3) is 0.500. The van der Waals surface area contributed by atoms with Gasteiger partial charge in [-0.3, -0.25) is 0 Å². The fourth-order valence-corrected chi connectivity index (χ4v) is 1.49. The summed E-state index contributed by atoms with van der Waals surface area (Å²) in [6, 6.07) is 0. The van der Waals surface area contributed by atoms with Gasteiger partial charge in [-0.1, -0.05) is 12.2 Å². The Morgan fingerprint density at radius 3 is 2.70 bits per heavy atom. The first-order valence-electron chi connectivity index (χ1n) is 3.95. The second-order valence-corrected chi connectivity index (χ2v) is 2.94. The lowest BCUT2D eigenvalue weighted by atomic mass is 9.82. The molecule has 1 rings (SSSR count). The molecule has 1 radical (unpaired) electrons. The van der Waals surface area contributed by atoms with Crippen LogP contribution in [0.4, 0.5) is 0 Å². The molecule has 55 valence electrons. The van der Waals surface area contributed by atoms with Crippen LogP contribution in [-0.4, -0.2) is 0 Å². The molecule has 0 amide bonds. The highest BCUT2D eigenvalue weighted by molar-refractivity contribution is 4.98. The van der Waals surface area contributed by atoms with Gasteiger partial charge in [0.05, 0.1) is 0 Å². The summed E-state index contributed by atoms with van der Waals surface area (Å²) in [6.45, 7) is 7.59. The zero-order valence-electron chi connectivity index (χ0n) is 6.42. The number of rotatable bonds is 2. The van der Waals surface area contributed by atoms with Gasteiger partial charge in [0.25, 0.3) is 0 Å². The van der Waals surface area contributed by atoms with Crippen molar-refractivity contribution in [2.45, 2.75) is 19.3 Å². The van der Waals surface area contributed by atoms with Crippen molar-refractivity contribution in [3.05, 3.63) is 31.7 Å². The Morgan fingerprint density at radius 2 is 2.10 bits per heavy atom. The summed E-state index contributed by atoms with van der Waals surface area (Å²) >= 11 is 0. The molecule has 2 atom stereocenters. The van der Waals surface area contributed by atoms with Crippen molar-refractivity contribution < 1.29 is 0 Å². The standard InChI is InChI=1S/C10H15/c1-3-9-6-5-7-10(4-2)8-9/h3-4,6,9-10H,1-2,5,7-8H2. The lowest BCUT2D eigenvalue weighted by molar-refractivity contribution is 0.424. The molecule has 1 aliphatic rings. The monoisotopic (exact) mass is 135 g/mol. The van der Waals surface area contributed by atoms with Crippen LogP contribution in [0.3, 0.4) is 0 Å². The van der Waals surface area contributed by atoms with Gasteiger partial charge in [-0.05, 0) is 37.5 Å². The molecule has 0 aromatic heterocycles. The average molecular weight is 135 g/mol. The van der Waals surface area contributed by atoms with Gasteiger partial charge in [0.15, 0.2) is 0 Å². The zero-order valence-corrected chi connectivity index (χ0v) is 6.42. The predicted octanol–water partition coefficient (Wildman–Crippen LogP) is 2.98. The molecule has 0 aliphatic heterocycles. The van der Waals surface area contributed by atoms with Gasteiger partial charge in [0.1, 0.15) is 0 Å². The highest BCUT2D eigenvalue weighted by Crippen LogP contribution is 2.28. The van der Waals surface area contributed by atoms with Crippen molar-refractivity contribution >= 4 is 0 Å². The van der Waals surface area contributed by atoms with E-state index in [1.807, 2.05) is 6.08 Å². The SMILES string of the molecule is C=CC1[CH]CCC(C=C)C1. The van der Waals surface area contributed by atoms with Crippen LogP contribution in [-0.2, 0) is 0 Å². The van der Waals surface area contributed by atoms with Gasteiger partial charge in [-0.2, -0.15) is 0 Å². The predicted molar refractivity (Wildman–Crippen MR) is 45.5 cm³/mol. The summed E-state index contributed by atoms with van der Waals surface area (Å²) in [7, 11) is 0. The smallest absolute Gasteiger partial charge is 0.0199 e. The van der Waals surface area contributed by atoms with E-state index in [-0.39, 0.29) is 0 Å². The fourth-order valence-electron chi connectivity index (χ4n) is 1.49. The van der Waals surface area contributed by atoms with Crippen molar-refractivity contribution in [3.8, 4) is 0 Å². The average Bonchev–Trinajstić information content (AvgIpc) is 2.05. The van der Waals surface area contributed by atoms with Crippen LogP contribution in [0.15, 0.2) is 25.3 Å². The molecule has 0 nitrogen and oxygen atoms in total. The van der Waals surface area contributed by atoms with Crippen LogP contribution < -0.4 is 0 Å². The molecule has 0 heteroatoms. The Bertz CT molecular complexity index is 110. The van der Waals surface area contributed by atoms with Crippen molar-refractivity contribution in [3.63, 3.8) is 0 Å².